The molecule has 1 heterocycles. The normalized spacial score (nSPS) is 11.3. The van der Waals surface area contributed by atoms with Crippen LogP contribution in [0, 0.1) is 13.8 Å². The van der Waals surface area contributed by atoms with Crippen molar-refractivity contribution in [3.63, 3.8) is 0 Å². The molecule has 2 N–H and O–H groups in total. The average Bonchev–Trinajstić information content (AvgIpc) is 2.94. The Bertz CT molecular complexity index is 929. The Morgan fingerprint density at radius 3 is 2.20 bits per heavy atom. The molecule has 0 saturated carbocycles. The second-order valence-corrected chi connectivity index (χ2v) is 7.29. The van der Waals surface area contributed by atoms with Crippen LogP contribution in [-0.4, -0.2) is 13.6 Å². The number of aryl methyl sites for hydroxylation is 2. The summed E-state index contributed by atoms with van der Waals surface area (Å²) in [5.41, 5.74) is 2.89. The molecule has 7 heteroatoms. The molecule has 0 aliphatic rings. The molecular weight excluding hydrogens is 338 g/mol. The van der Waals surface area contributed by atoms with E-state index < -0.39 is 10.0 Å². The summed E-state index contributed by atoms with van der Waals surface area (Å²) >= 11 is 0. The number of anilines is 2. The highest BCUT2D eigenvalue weighted by Gasteiger charge is 2.24. The Hall–Kier alpha value is -2.80. The molecule has 3 rings (SSSR count). The van der Waals surface area contributed by atoms with Crippen molar-refractivity contribution in [2.45, 2.75) is 25.3 Å². The molecule has 0 radical (unpaired) electrons. The first kappa shape index (κ1) is 17.0. The van der Waals surface area contributed by atoms with Crippen LogP contribution in [0.25, 0.3) is 0 Å². The fourth-order valence-corrected chi connectivity index (χ4v) is 3.91. The summed E-state index contributed by atoms with van der Waals surface area (Å²) in [6.45, 7) is 3.87. The van der Waals surface area contributed by atoms with Gasteiger partial charge in [-0.15, -0.1) is 0 Å². The third-order valence-electron chi connectivity index (χ3n) is 3.71. The first-order valence-corrected chi connectivity index (χ1v) is 9.27. The lowest BCUT2D eigenvalue weighted by Gasteiger charge is -2.10. The van der Waals surface area contributed by atoms with Crippen molar-refractivity contribution in [3.05, 3.63) is 71.6 Å². The number of aromatic nitrogens is 1. The monoisotopic (exact) mass is 357 g/mol. The predicted molar refractivity (Wildman–Crippen MR) is 97.0 cm³/mol. The number of nitrogens with zero attached hydrogens (tertiary/aromatic N) is 1. The van der Waals surface area contributed by atoms with Crippen LogP contribution in [0.4, 0.5) is 11.4 Å². The lowest BCUT2D eigenvalue weighted by atomic mass is 10.2. The fraction of sp³-hybridized carbons (Fsp3) is 0.167. The van der Waals surface area contributed by atoms with Crippen LogP contribution in [0.2, 0.25) is 0 Å². The highest BCUT2D eigenvalue weighted by Crippen LogP contribution is 2.23. The number of nitrogens with one attached hydrogen (secondary N) is 2. The molecule has 0 amide bonds. The molecule has 0 atom stereocenters. The van der Waals surface area contributed by atoms with Crippen molar-refractivity contribution < 1.29 is 12.9 Å². The maximum atomic E-state index is 12.5. The largest absolute Gasteiger partial charge is 0.381 e. The fourth-order valence-electron chi connectivity index (χ4n) is 2.52. The van der Waals surface area contributed by atoms with Crippen LogP contribution in [0.5, 0.6) is 0 Å². The first-order chi connectivity index (χ1) is 12.0. The quantitative estimate of drug-likeness (QED) is 0.703. The van der Waals surface area contributed by atoms with Gasteiger partial charge in [0.05, 0.1) is 0 Å². The third-order valence-corrected chi connectivity index (χ3v) is 5.34. The van der Waals surface area contributed by atoms with E-state index in [2.05, 4.69) is 15.2 Å². The third kappa shape index (κ3) is 4.00. The highest BCUT2D eigenvalue weighted by atomic mass is 32.2. The second kappa shape index (κ2) is 6.98. The van der Waals surface area contributed by atoms with Gasteiger partial charge in [0.1, 0.15) is 5.69 Å². The molecule has 0 aliphatic carbocycles. The molecule has 0 bridgehead atoms. The van der Waals surface area contributed by atoms with Gasteiger partial charge in [-0.2, -0.15) is 0 Å². The minimum atomic E-state index is -3.73. The Balaban J connectivity index is 1.68. The van der Waals surface area contributed by atoms with E-state index in [0.717, 1.165) is 5.69 Å². The van der Waals surface area contributed by atoms with Gasteiger partial charge in [0, 0.05) is 17.9 Å². The van der Waals surface area contributed by atoms with Crippen molar-refractivity contribution in [1.82, 2.24) is 5.16 Å². The first-order valence-electron chi connectivity index (χ1n) is 7.79. The molecule has 0 aliphatic heterocycles. The van der Waals surface area contributed by atoms with E-state index in [9.17, 15) is 8.42 Å². The zero-order chi connectivity index (χ0) is 17.9. The highest BCUT2D eigenvalue weighted by molar-refractivity contribution is 7.92. The topological polar surface area (TPSA) is 84.2 Å². The second-order valence-electron chi connectivity index (χ2n) is 5.68. The van der Waals surface area contributed by atoms with Gasteiger partial charge in [-0.1, -0.05) is 35.5 Å². The molecule has 6 nitrogen and oxygen atoms in total. The number of rotatable bonds is 6. The van der Waals surface area contributed by atoms with Crippen LogP contribution >= 0.6 is 0 Å². The Morgan fingerprint density at radius 1 is 0.960 bits per heavy atom. The SMILES string of the molecule is Cc1noc(C)c1S(=O)(=O)Nc1ccc(NCc2ccccc2)cc1. The van der Waals surface area contributed by atoms with E-state index in [-0.39, 0.29) is 10.7 Å². The molecule has 0 saturated heterocycles. The van der Waals surface area contributed by atoms with E-state index in [0.29, 0.717) is 17.9 Å². The predicted octanol–water partition coefficient (Wildman–Crippen LogP) is 3.70. The Morgan fingerprint density at radius 2 is 1.60 bits per heavy atom. The molecule has 130 valence electrons. The van der Waals surface area contributed by atoms with Gasteiger partial charge in [0.2, 0.25) is 0 Å². The summed E-state index contributed by atoms with van der Waals surface area (Å²) in [5.74, 6) is 0.270. The van der Waals surface area contributed by atoms with Crippen molar-refractivity contribution in [1.29, 1.82) is 0 Å². The van der Waals surface area contributed by atoms with Crippen LogP contribution < -0.4 is 10.0 Å². The van der Waals surface area contributed by atoms with Crippen LogP contribution in [0.1, 0.15) is 17.0 Å². The van der Waals surface area contributed by atoms with Crippen molar-refractivity contribution in [2.75, 3.05) is 10.0 Å². The molecule has 2 aromatic carbocycles. The van der Waals surface area contributed by atoms with Gasteiger partial charge >= 0.3 is 0 Å². The number of benzene rings is 2. The summed E-state index contributed by atoms with van der Waals surface area (Å²) in [4.78, 5) is 0.0822. The molecule has 25 heavy (non-hydrogen) atoms. The van der Waals surface area contributed by atoms with E-state index in [4.69, 9.17) is 4.52 Å². The molecule has 0 spiro atoms. The zero-order valence-electron chi connectivity index (χ0n) is 14.0. The van der Waals surface area contributed by atoms with Crippen LogP contribution in [0.15, 0.2) is 64.0 Å². The maximum absolute atomic E-state index is 12.5. The van der Waals surface area contributed by atoms with Crippen molar-refractivity contribution in [2.24, 2.45) is 0 Å². The summed E-state index contributed by atoms with van der Waals surface area (Å²) in [6, 6.07) is 17.1. The van der Waals surface area contributed by atoms with E-state index in [1.54, 1.807) is 26.0 Å². The molecule has 1 aromatic heterocycles. The summed E-state index contributed by atoms with van der Waals surface area (Å²) in [5, 5.41) is 6.98. The lowest BCUT2D eigenvalue weighted by molar-refractivity contribution is 0.390. The number of sulfonamides is 1. The van der Waals surface area contributed by atoms with Gasteiger partial charge in [-0.05, 0) is 43.7 Å². The van der Waals surface area contributed by atoms with E-state index >= 15 is 0 Å². The smallest absolute Gasteiger partial charge is 0.267 e. The minimum Gasteiger partial charge on any atom is -0.381 e. The van der Waals surface area contributed by atoms with Crippen molar-refractivity contribution in [3.8, 4) is 0 Å². The lowest BCUT2D eigenvalue weighted by Crippen LogP contribution is -2.14. The minimum absolute atomic E-state index is 0.0822. The van der Waals surface area contributed by atoms with E-state index in [1.807, 2.05) is 42.5 Å². The summed E-state index contributed by atoms with van der Waals surface area (Å²) in [6.07, 6.45) is 0. The summed E-state index contributed by atoms with van der Waals surface area (Å²) in [7, 11) is -3.73. The van der Waals surface area contributed by atoms with E-state index in [1.165, 1.54) is 5.56 Å². The van der Waals surface area contributed by atoms with Gasteiger partial charge < -0.3 is 9.84 Å². The van der Waals surface area contributed by atoms with Gasteiger partial charge in [0.25, 0.3) is 10.0 Å². The van der Waals surface area contributed by atoms with Crippen LogP contribution in [0.3, 0.4) is 0 Å². The van der Waals surface area contributed by atoms with Crippen LogP contribution in [-0.2, 0) is 16.6 Å². The van der Waals surface area contributed by atoms with Gasteiger partial charge in [-0.25, -0.2) is 8.42 Å². The molecular formula is C18H19N3O3S. The van der Waals surface area contributed by atoms with Gasteiger partial charge in [0.15, 0.2) is 10.7 Å². The molecule has 0 unspecified atom stereocenters. The number of hydrogen-bond donors (Lipinski definition) is 2. The number of hydrogen-bond acceptors (Lipinski definition) is 5. The maximum Gasteiger partial charge on any atom is 0.267 e. The van der Waals surface area contributed by atoms with Gasteiger partial charge in [-0.3, -0.25) is 4.72 Å². The molecule has 0 fully saturated rings. The average molecular weight is 357 g/mol. The molecule has 3 aromatic rings. The summed E-state index contributed by atoms with van der Waals surface area (Å²) < 4.78 is 32.4. The zero-order valence-corrected chi connectivity index (χ0v) is 14.8. The Labute approximate surface area is 146 Å². The standard InChI is InChI=1S/C18H19N3O3S/c1-13-18(14(2)24-20-13)25(22,23)21-17-10-8-16(9-11-17)19-12-15-6-4-3-5-7-15/h3-11,19,21H,12H2,1-2H3. The Kier molecular flexibility index (Phi) is 4.76. The van der Waals surface area contributed by atoms with Crippen molar-refractivity contribution >= 4 is 21.4 Å².